The molecule has 1 aromatic rings. The fraction of sp³-hybridized carbons (Fsp3) is 0.500. The molecule has 1 amide bonds. The molecule has 0 aromatic heterocycles. The normalized spacial score (nSPS) is 19.9. The highest BCUT2D eigenvalue weighted by molar-refractivity contribution is 7.90. The Bertz CT molecular complexity index is 583. The first-order valence-electron chi connectivity index (χ1n) is 6.60. The SMILES string of the molecule is CS(=O)(=O)c1ccc(C(=O)N2CCCCC2CCl)cc1. The Kier molecular flexibility index (Phi) is 4.70. The summed E-state index contributed by atoms with van der Waals surface area (Å²) in [5.74, 6) is 0.364. The molecule has 1 fully saturated rings. The van der Waals surface area contributed by atoms with Crippen molar-refractivity contribution in [2.75, 3.05) is 18.7 Å². The number of carbonyl (C=O) groups excluding carboxylic acids is 1. The van der Waals surface area contributed by atoms with Crippen LogP contribution in [0, 0.1) is 0 Å². The van der Waals surface area contributed by atoms with Crippen molar-refractivity contribution in [3.63, 3.8) is 0 Å². The van der Waals surface area contributed by atoms with E-state index >= 15 is 0 Å². The Labute approximate surface area is 124 Å². The van der Waals surface area contributed by atoms with Crippen LogP contribution < -0.4 is 0 Å². The number of amides is 1. The predicted octanol–water partition coefficient (Wildman–Crippen LogP) is 2.32. The van der Waals surface area contributed by atoms with Gasteiger partial charge in [0.25, 0.3) is 5.91 Å². The van der Waals surface area contributed by atoms with Crippen molar-refractivity contribution in [2.45, 2.75) is 30.2 Å². The Morgan fingerprint density at radius 1 is 1.30 bits per heavy atom. The molecule has 4 nitrogen and oxygen atoms in total. The summed E-state index contributed by atoms with van der Waals surface area (Å²) >= 11 is 5.92. The highest BCUT2D eigenvalue weighted by Gasteiger charge is 2.26. The third kappa shape index (κ3) is 3.33. The van der Waals surface area contributed by atoms with Crippen LogP contribution in [0.4, 0.5) is 0 Å². The Morgan fingerprint density at radius 3 is 2.50 bits per heavy atom. The number of hydrogen-bond donors (Lipinski definition) is 0. The van der Waals surface area contributed by atoms with E-state index in [0.29, 0.717) is 18.0 Å². The van der Waals surface area contributed by atoms with Gasteiger partial charge in [0, 0.05) is 30.3 Å². The van der Waals surface area contributed by atoms with Crippen LogP contribution in [0.3, 0.4) is 0 Å². The lowest BCUT2D eigenvalue weighted by atomic mass is 10.0. The number of hydrogen-bond acceptors (Lipinski definition) is 3. The fourth-order valence-electron chi connectivity index (χ4n) is 2.44. The maximum absolute atomic E-state index is 12.4. The van der Waals surface area contributed by atoms with E-state index < -0.39 is 9.84 Å². The molecule has 1 aliphatic heterocycles. The molecular formula is C14H18ClNO3S. The van der Waals surface area contributed by atoms with E-state index in [0.717, 1.165) is 25.5 Å². The van der Waals surface area contributed by atoms with Gasteiger partial charge >= 0.3 is 0 Å². The average Bonchev–Trinajstić information content (AvgIpc) is 2.45. The highest BCUT2D eigenvalue weighted by Crippen LogP contribution is 2.21. The van der Waals surface area contributed by atoms with Crippen LogP contribution >= 0.6 is 11.6 Å². The number of halogens is 1. The maximum Gasteiger partial charge on any atom is 0.254 e. The lowest BCUT2D eigenvalue weighted by molar-refractivity contribution is 0.0639. The van der Waals surface area contributed by atoms with E-state index in [1.54, 1.807) is 17.0 Å². The summed E-state index contributed by atoms with van der Waals surface area (Å²) in [5.41, 5.74) is 0.509. The van der Waals surface area contributed by atoms with Gasteiger partial charge in [-0.1, -0.05) is 0 Å². The van der Waals surface area contributed by atoms with Crippen molar-refractivity contribution < 1.29 is 13.2 Å². The van der Waals surface area contributed by atoms with Crippen molar-refractivity contribution in [3.8, 4) is 0 Å². The average molecular weight is 316 g/mol. The second kappa shape index (κ2) is 6.14. The number of nitrogens with zero attached hydrogens (tertiary/aromatic N) is 1. The number of carbonyl (C=O) groups is 1. The number of likely N-dealkylation sites (tertiary alicyclic amines) is 1. The monoisotopic (exact) mass is 315 g/mol. The summed E-state index contributed by atoms with van der Waals surface area (Å²) in [4.78, 5) is 14.5. The molecule has 0 aliphatic carbocycles. The lowest BCUT2D eigenvalue weighted by Crippen LogP contribution is -2.44. The summed E-state index contributed by atoms with van der Waals surface area (Å²) < 4.78 is 22.8. The molecule has 1 heterocycles. The van der Waals surface area contributed by atoms with Crippen molar-refractivity contribution in [1.82, 2.24) is 4.90 Å². The van der Waals surface area contributed by atoms with Crippen LogP contribution in [0.1, 0.15) is 29.6 Å². The largest absolute Gasteiger partial charge is 0.334 e. The molecule has 0 spiro atoms. The third-order valence-electron chi connectivity index (χ3n) is 3.60. The van der Waals surface area contributed by atoms with Crippen LogP contribution in [-0.4, -0.2) is 43.9 Å². The van der Waals surface area contributed by atoms with Crippen molar-refractivity contribution >= 4 is 27.3 Å². The Hall–Kier alpha value is -1.07. The summed E-state index contributed by atoms with van der Waals surface area (Å²) in [5, 5.41) is 0. The Balaban J connectivity index is 2.20. The zero-order valence-corrected chi connectivity index (χ0v) is 13.0. The van der Waals surface area contributed by atoms with Crippen molar-refractivity contribution in [3.05, 3.63) is 29.8 Å². The van der Waals surface area contributed by atoms with E-state index in [2.05, 4.69) is 0 Å². The van der Waals surface area contributed by atoms with Gasteiger partial charge in [-0.05, 0) is 43.5 Å². The molecular weight excluding hydrogens is 298 g/mol. The molecule has 1 aliphatic rings. The van der Waals surface area contributed by atoms with E-state index in [9.17, 15) is 13.2 Å². The first kappa shape index (κ1) is 15.3. The van der Waals surface area contributed by atoms with Crippen LogP contribution in [0.5, 0.6) is 0 Å². The zero-order valence-electron chi connectivity index (χ0n) is 11.4. The molecule has 110 valence electrons. The summed E-state index contributed by atoms with van der Waals surface area (Å²) in [6, 6.07) is 6.16. The fourth-order valence-corrected chi connectivity index (χ4v) is 3.39. The zero-order chi connectivity index (χ0) is 14.8. The van der Waals surface area contributed by atoms with Crippen molar-refractivity contribution in [1.29, 1.82) is 0 Å². The van der Waals surface area contributed by atoms with Gasteiger partial charge in [-0.2, -0.15) is 0 Å². The second-order valence-corrected chi connectivity index (χ2v) is 7.42. The van der Waals surface area contributed by atoms with E-state index in [4.69, 9.17) is 11.6 Å². The van der Waals surface area contributed by atoms with Gasteiger partial charge in [-0.3, -0.25) is 4.79 Å². The number of sulfone groups is 1. The summed E-state index contributed by atoms with van der Waals surface area (Å²) in [6.07, 6.45) is 4.16. The van der Waals surface area contributed by atoms with Crippen LogP contribution in [0.2, 0.25) is 0 Å². The van der Waals surface area contributed by atoms with E-state index in [-0.39, 0.29) is 16.8 Å². The molecule has 1 atom stereocenters. The Morgan fingerprint density at radius 2 is 1.95 bits per heavy atom. The number of piperidine rings is 1. The molecule has 1 saturated heterocycles. The molecule has 20 heavy (non-hydrogen) atoms. The van der Waals surface area contributed by atoms with Gasteiger partial charge < -0.3 is 4.90 Å². The molecule has 0 saturated carbocycles. The summed E-state index contributed by atoms with van der Waals surface area (Å²) in [6.45, 7) is 0.712. The first-order chi connectivity index (χ1) is 9.43. The minimum atomic E-state index is -3.23. The van der Waals surface area contributed by atoms with Gasteiger partial charge in [0.1, 0.15) is 0 Å². The van der Waals surface area contributed by atoms with Gasteiger partial charge in [0.2, 0.25) is 0 Å². The van der Waals surface area contributed by atoms with Gasteiger partial charge in [0.15, 0.2) is 9.84 Å². The van der Waals surface area contributed by atoms with Crippen LogP contribution in [0.15, 0.2) is 29.2 Å². The van der Waals surface area contributed by atoms with Gasteiger partial charge in [-0.15, -0.1) is 11.6 Å². The van der Waals surface area contributed by atoms with E-state index in [1.807, 2.05) is 0 Å². The van der Waals surface area contributed by atoms with Crippen LogP contribution in [-0.2, 0) is 9.84 Å². The smallest absolute Gasteiger partial charge is 0.254 e. The molecule has 0 N–H and O–H groups in total. The standard InChI is InChI=1S/C14H18ClNO3S/c1-20(18,19)13-7-5-11(6-8-13)14(17)16-9-3-2-4-12(16)10-15/h5-8,12H,2-4,9-10H2,1H3. The third-order valence-corrected chi connectivity index (χ3v) is 5.08. The molecule has 2 rings (SSSR count). The number of alkyl halides is 1. The molecule has 0 radical (unpaired) electrons. The number of benzene rings is 1. The predicted molar refractivity (Wildman–Crippen MR) is 78.9 cm³/mol. The molecule has 1 aromatic carbocycles. The van der Waals surface area contributed by atoms with Gasteiger partial charge in [-0.25, -0.2) is 8.42 Å². The minimum absolute atomic E-state index is 0.0737. The lowest BCUT2D eigenvalue weighted by Gasteiger charge is -2.34. The topological polar surface area (TPSA) is 54.5 Å². The number of rotatable bonds is 3. The van der Waals surface area contributed by atoms with Gasteiger partial charge in [0.05, 0.1) is 4.90 Å². The highest BCUT2D eigenvalue weighted by atomic mass is 35.5. The van der Waals surface area contributed by atoms with E-state index in [1.165, 1.54) is 12.1 Å². The second-order valence-electron chi connectivity index (χ2n) is 5.10. The first-order valence-corrected chi connectivity index (χ1v) is 9.03. The van der Waals surface area contributed by atoms with Crippen LogP contribution in [0.25, 0.3) is 0 Å². The maximum atomic E-state index is 12.4. The molecule has 0 bridgehead atoms. The van der Waals surface area contributed by atoms with Crippen molar-refractivity contribution in [2.24, 2.45) is 0 Å². The quantitative estimate of drug-likeness (QED) is 0.804. The summed E-state index contributed by atoms with van der Waals surface area (Å²) in [7, 11) is -3.23. The minimum Gasteiger partial charge on any atom is -0.334 e. The molecule has 1 unspecified atom stereocenters. The molecule has 6 heteroatoms.